The summed E-state index contributed by atoms with van der Waals surface area (Å²) < 4.78 is 4.83. The van der Waals surface area contributed by atoms with E-state index in [0.717, 1.165) is 5.56 Å². The highest BCUT2D eigenvalue weighted by molar-refractivity contribution is 5.57. The van der Waals surface area contributed by atoms with Gasteiger partial charge in [0.15, 0.2) is 0 Å². The Hall–Kier alpha value is -2.04. The fourth-order valence-corrected chi connectivity index (χ4v) is 1.09. The van der Waals surface area contributed by atoms with Gasteiger partial charge in [-0.05, 0) is 29.4 Å². The Balaban J connectivity index is 2.38. The quantitative estimate of drug-likeness (QED) is 0.680. The van der Waals surface area contributed by atoms with Crippen LogP contribution in [-0.2, 0) is 0 Å². The molecule has 1 aromatic carbocycles. The average Bonchev–Trinajstić information content (AvgIpc) is 2.65. The molecule has 70 valence electrons. The molecule has 0 saturated heterocycles. The number of nitrogens with zero attached hydrogens (tertiary/aromatic N) is 3. The molecule has 0 radical (unpaired) electrons. The second-order valence-corrected chi connectivity index (χ2v) is 2.78. The Labute approximate surface area is 79.7 Å². The summed E-state index contributed by atoms with van der Waals surface area (Å²) >= 11 is 0. The van der Waals surface area contributed by atoms with E-state index in [0.29, 0.717) is 17.4 Å². The zero-order chi connectivity index (χ0) is 9.97. The second kappa shape index (κ2) is 3.37. The Kier molecular flexibility index (Phi) is 2.06. The molecule has 1 heterocycles. The molecule has 0 saturated carbocycles. The number of aryl methyl sites for hydroxylation is 1. The van der Waals surface area contributed by atoms with Crippen LogP contribution in [0.15, 0.2) is 34.0 Å². The van der Waals surface area contributed by atoms with Crippen molar-refractivity contribution in [2.45, 2.75) is 6.92 Å². The minimum absolute atomic E-state index is 0.383. The lowest BCUT2D eigenvalue weighted by atomic mass is 10.2. The van der Waals surface area contributed by atoms with E-state index in [1.54, 1.807) is 31.2 Å². The Morgan fingerprint density at radius 3 is 2.50 bits per heavy atom. The van der Waals surface area contributed by atoms with Crippen molar-refractivity contribution >= 4 is 5.69 Å². The molecule has 14 heavy (non-hydrogen) atoms. The second-order valence-electron chi connectivity index (χ2n) is 2.78. The van der Waals surface area contributed by atoms with Crippen LogP contribution in [0.1, 0.15) is 5.89 Å². The van der Waals surface area contributed by atoms with Gasteiger partial charge >= 0.3 is 0 Å². The smallest absolute Gasteiger partial charge is 0.223 e. The van der Waals surface area contributed by atoms with Crippen molar-refractivity contribution in [1.82, 2.24) is 10.1 Å². The topological polar surface area (TPSA) is 68.3 Å². The van der Waals surface area contributed by atoms with Crippen LogP contribution in [0, 0.1) is 11.8 Å². The lowest BCUT2D eigenvalue weighted by molar-refractivity contribution is 0.394. The Bertz CT molecular complexity index is 447. The number of rotatable bonds is 2. The summed E-state index contributed by atoms with van der Waals surface area (Å²) in [6, 6.07) is 6.66. The number of aromatic nitrogens is 2. The first-order valence-corrected chi connectivity index (χ1v) is 4.04. The zero-order valence-electron chi connectivity index (χ0n) is 7.47. The van der Waals surface area contributed by atoms with E-state index in [9.17, 15) is 4.91 Å². The first-order valence-electron chi connectivity index (χ1n) is 4.04. The van der Waals surface area contributed by atoms with E-state index < -0.39 is 0 Å². The van der Waals surface area contributed by atoms with Gasteiger partial charge in [-0.2, -0.15) is 4.98 Å². The molecule has 0 aliphatic heterocycles. The maximum absolute atomic E-state index is 10.2. The molecule has 2 rings (SSSR count). The van der Waals surface area contributed by atoms with E-state index >= 15 is 0 Å². The fraction of sp³-hybridized carbons (Fsp3) is 0.111. The average molecular weight is 189 g/mol. The van der Waals surface area contributed by atoms with Crippen LogP contribution in [0.4, 0.5) is 5.69 Å². The lowest BCUT2D eigenvalue weighted by Crippen LogP contribution is -1.79. The minimum atomic E-state index is 0.383. The summed E-state index contributed by atoms with van der Waals surface area (Å²) in [6.45, 7) is 1.72. The number of hydrogen-bond acceptors (Lipinski definition) is 5. The Morgan fingerprint density at radius 1 is 1.29 bits per heavy atom. The van der Waals surface area contributed by atoms with Crippen molar-refractivity contribution in [2.75, 3.05) is 0 Å². The van der Waals surface area contributed by atoms with Crippen LogP contribution in [0.5, 0.6) is 0 Å². The molecular weight excluding hydrogens is 182 g/mol. The summed E-state index contributed by atoms with van der Waals surface area (Å²) in [6.07, 6.45) is 0. The van der Waals surface area contributed by atoms with Gasteiger partial charge in [-0.3, -0.25) is 0 Å². The highest BCUT2D eigenvalue weighted by Gasteiger charge is 2.04. The SMILES string of the molecule is Cc1nc(-c2ccc(N=O)cc2)no1. The summed E-state index contributed by atoms with van der Waals surface area (Å²) in [5.41, 5.74) is 1.18. The number of hydrogen-bond donors (Lipinski definition) is 0. The molecule has 5 nitrogen and oxygen atoms in total. The molecule has 0 N–H and O–H groups in total. The van der Waals surface area contributed by atoms with Crippen molar-refractivity contribution in [1.29, 1.82) is 0 Å². The summed E-state index contributed by atoms with van der Waals surface area (Å²) in [4.78, 5) is 14.2. The van der Waals surface area contributed by atoms with E-state index in [2.05, 4.69) is 15.3 Å². The fourth-order valence-electron chi connectivity index (χ4n) is 1.09. The highest BCUT2D eigenvalue weighted by Crippen LogP contribution is 2.19. The monoisotopic (exact) mass is 189 g/mol. The first-order chi connectivity index (χ1) is 6.79. The van der Waals surface area contributed by atoms with Gasteiger partial charge in [-0.15, -0.1) is 4.91 Å². The van der Waals surface area contributed by atoms with Gasteiger partial charge in [0, 0.05) is 12.5 Å². The zero-order valence-corrected chi connectivity index (χ0v) is 7.47. The van der Waals surface area contributed by atoms with Crippen molar-refractivity contribution in [2.24, 2.45) is 5.18 Å². The highest BCUT2D eigenvalue weighted by atomic mass is 16.5. The maximum Gasteiger partial charge on any atom is 0.223 e. The van der Waals surface area contributed by atoms with Crippen LogP contribution in [-0.4, -0.2) is 10.1 Å². The molecule has 0 bridgehead atoms. The molecule has 0 aliphatic carbocycles. The summed E-state index contributed by atoms with van der Waals surface area (Å²) in [7, 11) is 0. The van der Waals surface area contributed by atoms with Crippen molar-refractivity contribution in [3.8, 4) is 11.4 Å². The van der Waals surface area contributed by atoms with E-state index in [-0.39, 0.29) is 0 Å². The molecule has 0 aliphatic rings. The van der Waals surface area contributed by atoms with Crippen LogP contribution < -0.4 is 0 Å². The van der Waals surface area contributed by atoms with Crippen molar-refractivity contribution < 1.29 is 4.52 Å². The minimum Gasteiger partial charge on any atom is -0.339 e. The van der Waals surface area contributed by atoms with Crippen LogP contribution >= 0.6 is 0 Å². The van der Waals surface area contributed by atoms with Gasteiger partial charge < -0.3 is 4.52 Å². The third kappa shape index (κ3) is 1.52. The largest absolute Gasteiger partial charge is 0.339 e. The predicted octanol–water partition coefficient (Wildman–Crippen LogP) is 2.44. The molecule has 5 heteroatoms. The summed E-state index contributed by atoms with van der Waals surface area (Å²) in [5.74, 6) is 1.03. The molecule has 1 aromatic heterocycles. The lowest BCUT2D eigenvalue weighted by Gasteiger charge is -1.92. The third-order valence-corrected chi connectivity index (χ3v) is 1.76. The van der Waals surface area contributed by atoms with Gasteiger partial charge in [0.25, 0.3) is 0 Å². The van der Waals surface area contributed by atoms with Gasteiger partial charge in [0.2, 0.25) is 11.7 Å². The van der Waals surface area contributed by atoms with Gasteiger partial charge in [-0.25, -0.2) is 0 Å². The third-order valence-electron chi connectivity index (χ3n) is 1.76. The standard InChI is InChI=1S/C9H7N3O2/c1-6-10-9(12-14-6)7-2-4-8(11-13)5-3-7/h2-5H,1H3. The number of nitroso groups, excluding NO2 is 1. The van der Waals surface area contributed by atoms with E-state index in [4.69, 9.17) is 4.52 Å². The molecule has 0 unspecified atom stereocenters. The molecule has 0 amide bonds. The molecular formula is C9H7N3O2. The van der Waals surface area contributed by atoms with Crippen molar-refractivity contribution in [3.63, 3.8) is 0 Å². The maximum atomic E-state index is 10.2. The molecule has 0 fully saturated rings. The van der Waals surface area contributed by atoms with Crippen molar-refractivity contribution in [3.05, 3.63) is 35.1 Å². The van der Waals surface area contributed by atoms with Gasteiger partial charge in [0.05, 0.1) is 0 Å². The van der Waals surface area contributed by atoms with Crippen LogP contribution in [0.3, 0.4) is 0 Å². The van der Waals surface area contributed by atoms with Gasteiger partial charge in [0.1, 0.15) is 5.69 Å². The van der Waals surface area contributed by atoms with E-state index in [1.165, 1.54) is 0 Å². The van der Waals surface area contributed by atoms with Crippen LogP contribution in [0.2, 0.25) is 0 Å². The summed E-state index contributed by atoms with van der Waals surface area (Å²) in [5, 5.41) is 6.54. The molecule has 2 aromatic rings. The Morgan fingerprint density at radius 2 is 2.00 bits per heavy atom. The normalized spacial score (nSPS) is 10.1. The predicted molar refractivity (Wildman–Crippen MR) is 49.9 cm³/mol. The van der Waals surface area contributed by atoms with Crippen LogP contribution in [0.25, 0.3) is 11.4 Å². The van der Waals surface area contributed by atoms with Gasteiger partial charge in [-0.1, -0.05) is 5.16 Å². The van der Waals surface area contributed by atoms with E-state index in [1.807, 2.05) is 0 Å². The molecule has 0 spiro atoms. The molecule has 0 atom stereocenters. The number of benzene rings is 1. The first kappa shape index (κ1) is 8.55.